The summed E-state index contributed by atoms with van der Waals surface area (Å²) in [4.78, 5) is 11.3. The fourth-order valence-corrected chi connectivity index (χ4v) is 2.46. The largest absolute Gasteiger partial charge is 0.463 e. The summed E-state index contributed by atoms with van der Waals surface area (Å²) in [6.45, 7) is 11.2. The molecular weight excluding hydrogens is 240 g/mol. The second-order valence-corrected chi connectivity index (χ2v) is 10.3. The number of rotatable bonds is 7. The first kappa shape index (κ1) is 16.9. The Balaban J connectivity index is 4.81. The number of carbonyl (C=O) groups is 1. The third kappa shape index (κ3) is 8.10. The molecule has 102 valence electrons. The third-order valence-electron chi connectivity index (χ3n) is 2.44. The Hall–Kier alpha value is -1.05. The van der Waals surface area contributed by atoms with E-state index in [9.17, 15) is 4.79 Å². The lowest BCUT2D eigenvalue weighted by atomic mass is 10.2. The maximum absolute atomic E-state index is 11.3. The molecule has 0 unspecified atom stereocenters. The Morgan fingerprint density at radius 2 is 1.89 bits per heavy atom. The van der Waals surface area contributed by atoms with Gasteiger partial charge in [-0.1, -0.05) is 33.0 Å². The molecule has 0 atom stereocenters. The van der Waals surface area contributed by atoms with Gasteiger partial charge in [0.2, 0.25) is 0 Å². The molecule has 0 radical (unpaired) electrons. The minimum atomic E-state index is -1.46. The van der Waals surface area contributed by atoms with E-state index in [1.165, 1.54) is 18.9 Å². The average molecular weight is 266 g/mol. The van der Waals surface area contributed by atoms with Crippen molar-refractivity contribution in [3.05, 3.63) is 29.2 Å². The van der Waals surface area contributed by atoms with Gasteiger partial charge in [-0.2, -0.15) is 0 Å². The van der Waals surface area contributed by atoms with Gasteiger partial charge in [-0.25, -0.2) is 4.79 Å². The summed E-state index contributed by atoms with van der Waals surface area (Å²) in [6.07, 6.45) is 8.90. The predicted octanol–water partition coefficient (Wildman–Crippen LogP) is 4.25. The molecule has 0 saturated carbocycles. The molecule has 18 heavy (non-hydrogen) atoms. The zero-order valence-corrected chi connectivity index (χ0v) is 13.4. The Morgan fingerprint density at radius 1 is 1.22 bits per heavy atom. The zero-order chi connectivity index (χ0) is 14.0. The van der Waals surface area contributed by atoms with Gasteiger partial charge in [-0.3, -0.25) is 0 Å². The molecule has 3 heteroatoms. The van der Waals surface area contributed by atoms with Gasteiger partial charge >= 0.3 is 5.97 Å². The molecule has 0 N–H and O–H groups in total. The van der Waals surface area contributed by atoms with E-state index in [0.29, 0.717) is 6.61 Å². The predicted molar refractivity (Wildman–Crippen MR) is 80.2 cm³/mol. The summed E-state index contributed by atoms with van der Waals surface area (Å²) in [5, 5.41) is 1.16. The molecule has 0 spiro atoms. The van der Waals surface area contributed by atoms with Gasteiger partial charge in [-0.15, -0.1) is 5.73 Å². The van der Waals surface area contributed by atoms with E-state index in [1.807, 2.05) is 13.0 Å². The molecule has 0 fully saturated rings. The van der Waals surface area contributed by atoms with Crippen LogP contribution in [0.15, 0.2) is 29.2 Å². The minimum absolute atomic E-state index is 0.274. The lowest BCUT2D eigenvalue weighted by Crippen LogP contribution is -2.22. The van der Waals surface area contributed by atoms with E-state index in [1.54, 1.807) is 0 Å². The zero-order valence-electron chi connectivity index (χ0n) is 12.4. The van der Waals surface area contributed by atoms with Crippen LogP contribution in [0.1, 0.15) is 33.1 Å². The number of hydrogen-bond acceptors (Lipinski definition) is 2. The molecule has 0 aliphatic rings. The van der Waals surface area contributed by atoms with Gasteiger partial charge in [0.25, 0.3) is 0 Å². The fraction of sp³-hybridized carbons (Fsp3) is 0.600. The smallest absolute Gasteiger partial charge is 0.330 e. The molecule has 2 nitrogen and oxygen atoms in total. The van der Waals surface area contributed by atoms with E-state index in [4.69, 9.17) is 4.74 Å². The van der Waals surface area contributed by atoms with Gasteiger partial charge in [0, 0.05) is 6.08 Å². The maximum Gasteiger partial charge on any atom is 0.330 e. The number of ether oxygens (including phenoxy) is 1. The Kier molecular flexibility index (Phi) is 8.43. The lowest BCUT2D eigenvalue weighted by Gasteiger charge is -2.15. The fourth-order valence-electron chi connectivity index (χ4n) is 1.34. The van der Waals surface area contributed by atoms with Crippen LogP contribution in [0.2, 0.25) is 19.6 Å². The number of hydrogen-bond donors (Lipinski definition) is 0. The van der Waals surface area contributed by atoms with Gasteiger partial charge in [0.1, 0.15) is 0 Å². The quantitative estimate of drug-likeness (QED) is 0.172. The molecule has 0 aromatic carbocycles. The van der Waals surface area contributed by atoms with Crippen LogP contribution in [0.25, 0.3) is 0 Å². The third-order valence-corrected chi connectivity index (χ3v) is 4.37. The highest BCUT2D eigenvalue weighted by atomic mass is 28.3. The van der Waals surface area contributed by atoms with Gasteiger partial charge < -0.3 is 4.74 Å². The molecule has 0 heterocycles. The van der Waals surface area contributed by atoms with Crippen molar-refractivity contribution in [3.8, 4) is 0 Å². The summed E-state index contributed by atoms with van der Waals surface area (Å²) in [6, 6.07) is 0. The van der Waals surface area contributed by atoms with Gasteiger partial charge in [0.05, 0.1) is 14.7 Å². The Morgan fingerprint density at radius 3 is 2.39 bits per heavy atom. The number of allylic oxidation sites excluding steroid dienone is 2. The van der Waals surface area contributed by atoms with Crippen LogP contribution in [0, 0.1) is 0 Å². The molecule has 0 aromatic rings. The van der Waals surface area contributed by atoms with Crippen molar-refractivity contribution in [2.24, 2.45) is 0 Å². The van der Waals surface area contributed by atoms with Crippen molar-refractivity contribution in [2.75, 3.05) is 6.61 Å². The summed E-state index contributed by atoms with van der Waals surface area (Å²) >= 11 is 0. The highest BCUT2D eigenvalue weighted by Gasteiger charge is 2.17. The van der Waals surface area contributed by atoms with Crippen LogP contribution >= 0.6 is 0 Å². The highest BCUT2D eigenvalue weighted by molar-refractivity contribution is 6.83. The molecule has 0 bridgehead atoms. The van der Waals surface area contributed by atoms with Crippen LogP contribution in [0.3, 0.4) is 0 Å². The van der Waals surface area contributed by atoms with Crippen molar-refractivity contribution in [2.45, 2.75) is 52.8 Å². The maximum atomic E-state index is 11.3. The second-order valence-electron chi connectivity index (χ2n) is 5.24. The normalized spacial score (nSPS) is 11.2. The van der Waals surface area contributed by atoms with E-state index in [0.717, 1.165) is 11.6 Å². The van der Waals surface area contributed by atoms with Crippen molar-refractivity contribution < 1.29 is 9.53 Å². The van der Waals surface area contributed by atoms with Crippen molar-refractivity contribution in [3.63, 3.8) is 0 Å². The molecule has 0 aromatic heterocycles. The topological polar surface area (TPSA) is 26.3 Å². The minimum Gasteiger partial charge on any atom is -0.463 e. The number of esters is 1. The summed E-state index contributed by atoms with van der Waals surface area (Å²) in [5.74, 6) is -0.274. The summed E-state index contributed by atoms with van der Waals surface area (Å²) in [5.41, 5.74) is 3.35. The number of unbranched alkanes of at least 4 members (excludes halogenated alkanes) is 2. The molecule has 0 saturated heterocycles. The van der Waals surface area contributed by atoms with E-state index in [2.05, 4.69) is 38.4 Å². The van der Waals surface area contributed by atoms with Crippen molar-refractivity contribution >= 4 is 14.0 Å². The number of carbonyl (C=O) groups excluding carboxylic acids is 1. The molecule has 0 aliphatic carbocycles. The summed E-state index contributed by atoms with van der Waals surface area (Å²) < 4.78 is 4.89. The van der Waals surface area contributed by atoms with Crippen LogP contribution in [0.5, 0.6) is 0 Å². The van der Waals surface area contributed by atoms with E-state index < -0.39 is 8.07 Å². The van der Waals surface area contributed by atoms with Crippen molar-refractivity contribution in [1.82, 2.24) is 0 Å². The molecule has 0 rings (SSSR count). The Labute approximate surface area is 112 Å². The first-order valence-electron chi connectivity index (χ1n) is 6.72. The van der Waals surface area contributed by atoms with Gasteiger partial charge in [0.15, 0.2) is 0 Å². The van der Waals surface area contributed by atoms with Crippen LogP contribution in [-0.4, -0.2) is 20.7 Å². The van der Waals surface area contributed by atoms with Crippen LogP contribution in [0.4, 0.5) is 0 Å². The molecular formula is C15H26O2Si. The SMILES string of the molecule is CCCCC=C=C(/C=C/C(=O)OCC)[Si](C)(C)C. The first-order valence-corrected chi connectivity index (χ1v) is 10.2. The monoisotopic (exact) mass is 266 g/mol. The van der Waals surface area contributed by atoms with E-state index >= 15 is 0 Å². The lowest BCUT2D eigenvalue weighted by molar-refractivity contribution is -0.137. The van der Waals surface area contributed by atoms with Crippen LogP contribution in [-0.2, 0) is 9.53 Å². The van der Waals surface area contributed by atoms with E-state index in [-0.39, 0.29) is 5.97 Å². The van der Waals surface area contributed by atoms with Gasteiger partial charge in [-0.05, 0) is 37.1 Å². The second kappa shape index (κ2) is 8.95. The first-order chi connectivity index (χ1) is 8.41. The average Bonchev–Trinajstić information content (AvgIpc) is 2.26. The standard InChI is InChI=1S/C15H26O2Si/c1-6-8-9-10-11-14(18(3,4)5)12-13-15(16)17-7-2/h10,12-13H,6-9H2,1-5H3/b13-12+. The molecule has 0 aliphatic heterocycles. The van der Waals surface area contributed by atoms with Crippen LogP contribution < -0.4 is 0 Å². The Bertz CT molecular complexity index is 342. The molecule has 0 amide bonds. The summed E-state index contributed by atoms with van der Waals surface area (Å²) in [7, 11) is -1.46. The highest BCUT2D eigenvalue weighted by Crippen LogP contribution is 2.15. The van der Waals surface area contributed by atoms with Crippen molar-refractivity contribution in [1.29, 1.82) is 0 Å².